The number of aromatic nitrogens is 4. The van der Waals surface area contributed by atoms with Crippen LogP contribution in [0.4, 0.5) is 5.82 Å². The molecule has 222 valence electrons. The third kappa shape index (κ3) is 5.83. The van der Waals surface area contributed by atoms with E-state index in [1.165, 1.54) is 22.0 Å². The molecule has 1 spiro atoms. The third-order valence-electron chi connectivity index (χ3n) is 8.16. The molecule has 2 fully saturated rings. The van der Waals surface area contributed by atoms with E-state index in [9.17, 15) is 24.2 Å². The van der Waals surface area contributed by atoms with Gasteiger partial charge in [-0.2, -0.15) is 9.97 Å². The molecule has 0 bridgehead atoms. The monoisotopic (exact) mass is 629 g/mol. The summed E-state index contributed by atoms with van der Waals surface area (Å²) in [6.45, 7) is 0.801. The molecule has 3 unspecified atom stereocenters. The molecule has 14 nitrogen and oxygen atoms in total. The molecule has 1 aliphatic carbocycles. The van der Waals surface area contributed by atoms with Crippen LogP contribution in [0.25, 0.3) is 11.2 Å². The second kappa shape index (κ2) is 10.6. The zero-order valence-electron chi connectivity index (χ0n) is 21.7. The number of benzene rings is 1. The minimum absolute atomic E-state index is 0.0330. The molecule has 6 rings (SSSR count). The Morgan fingerprint density at radius 2 is 1.71 bits per heavy atom. The van der Waals surface area contributed by atoms with Crippen molar-refractivity contribution in [1.82, 2.24) is 19.5 Å². The largest absolute Gasteiger partial charge is 0.387 e. The maximum absolute atomic E-state index is 12.0. The Morgan fingerprint density at radius 1 is 1.05 bits per heavy atom. The highest BCUT2D eigenvalue weighted by Crippen LogP contribution is 2.55. The van der Waals surface area contributed by atoms with E-state index >= 15 is 0 Å². The number of halogens is 1. The van der Waals surface area contributed by atoms with E-state index in [0.29, 0.717) is 11.3 Å². The Kier molecular flexibility index (Phi) is 7.56. The fraction of sp³-hybridized carbons (Fsp3) is 0.542. The van der Waals surface area contributed by atoms with Gasteiger partial charge in [-0.3, -0.25) is 13.7 Å². The van der Waals surface area contributed by atoms with Crippen LogP contribution in [0.15, 0.2) is 30.6 Å². The minimum atomic E-state index is -4.83. The Balaban J connectivity index is 1.18. The number of ether oxygens (including phenoxy) is 1. The average molecular weight is 630 g/mol. The number of anilines is 1. The number of fused-ring (bicyclic) bond motifs is 2. The van der Waals surface area contributed by atoms with Gasteiger partial charge in [-0.25, -0.2) is 4.98 Å². The van der Waals surface area contributed by atoms with Crippen molar-refractivity contribution in [2.24, 2.45) is 5.41 Å². The van der Waals surface area contributed by atoms with E-state index in [1.807, 2.05) is 0 Å². The summed E-state index contributed by atoms with van der Waals surface area (Å²) in [5, 5.41) is 21.2. The van der Waals surface area contributed by atoms with Gasteiger partial charge < -0.3 is 39.1 Å². The van der Waals surface area contributed by atoms with Gasteiger partial charge in [-0.15, -0.1) is 0 Å². The van der Waals surface area contributed by atoms with Crippen LogP contribution in [0, 0.1) is 5.41 Å². The Bertz CT molecular complexity index is 1530. The van der Waals surface area contributed by atoms with Gasteiger partial charge in [0.05, 0.1) is 12.9 Å². The highest BCUT2D eigenvalue weighted by Gasteiger charge is 2.46. The van der Waals surface area contributed by atoms with Crippen LogP contribution < -0.4 is 4.90 Å². The smallest absolute Gasteiger partial charge is 0.340 e. The van der Waals surface area contributed by atoms with Crippen LogP contribution in [0.1, 0.15) is 30.2 Å². The number of piperidine rings is 1. The number of hydrogen-bond donors (Lipinski definition) is 5. The molecule has 17 heteroatoms. The molecule has 4 heterocycles. The topological polar surface area (TPSA) is 201 Å². The van der Waals surface area contributed by atoms with Gasteiger partial charge in [0.25, 0.3) is 0 Å². The molecule has 1 aromatic carbocycles. The maximum atomic E-state index is 12.0. The number of aliphatic hydroxyl groups excluding tert-OH is 2. The van der Waals surface area contributed by atoms with Crippen molar-refractivity contribution < 1.29 is 43.3 Å². The van der Waals surface area contributed by atoms with Crippen molar-refractivity contribution in [3.05, 3.63) is 47.0 Å². The molecule has 2 saturated heterocycles. The normalized spacial score (nSPS) is 27.4. The molecule has 3 aromatic rings. The molecular weight excluding hydrogens is 600 g/mol. The van der Waals surface area contributed by atoms with E-state index in [4.69, 9.17) is 30.6 Å². The van der Waals surface area contributed by atoms with E-state index in [2.05, 4.69) is 44.1 Å². The lowest BCUT2D eigenvalue weighted by Crippen LogP contribution is -2.41. The lowest BCUT2D eigenvalue weighted by molar-refractivity contribution is -0.0483. The summed E-state index contributed by atoms with van der Waals surface area (Å²) < 4.78 is 35.0. The van der Waals surface area contributed by atoms with Crippen molar-refractivity contribution >= 4 is 43.8 Å². The van der Waals surface area contributed by atoms with Crippen LogP contribution in [-0.2, 0) is 31.2 Å². The summed E-state index contributed by atoms with van der Waals surface area (Å²) >= 11 is 6.32. The van der Waals surface area contributed by atoms with Crippen molar-refractivity contribution in [3.63, 3.8) is 0 Å². The number of hydrogen-bond acceptors (Lipinski definition) is 10. The fourth-order valence-corrected chi connectivity index (χ4v) is 8.89. The zero-order chi connectivity index (χ0) is 29.2. The molecule has 3 aliphatic rings. The second-order valence-corrected chi connectivity index (χ2v) is 15.4. The number of aliphatic hydroxyl groups is 2. The number of nitrogens with zero attached hydrogens (tertiary/aromatic N) is 5. The van der Waals surface area contributed by atoms with E-state index in [0.717, 1.165) is 38.8 Å². The van der Waals surface area contributed by atoms with Gasteiger partial charge in [0.15, 0.2) is 29.1 Å². The highest BCUT2D eigenvalue weighted by molar-refractivity contribution is 7.70. The van der Waals surface area contributed by atoms with Crippen LogP contribution in [0.3, 0.4) is 0 Å². The van der Waals surface area contributed by atoms with E-state index < -0.39 is 52.2 Å². The van der Waals surface area contributed by atoms with Gasteiger partial charge in [-0.05, 0) is 53.8 Å². The Hall–Kier alpha value is -1.96. The highest BCUT2D eigenvalue weighted by atomic mass is 35.5. The molecular formula is C24H30ClN5O9P2. The van der Waals surface area contributed by atoms with Gasteiger partial charge in [0.1, 0.15) is 18.3 Å². The molecule has 41 heavy (non-hydrogen) atoms. The van der Waals surface area contributed by atoms with E-state index in [1.54, 1.807) is 0 Å². The summed E-state index contributed by atoms with van der Waals surface area (Å²) in [5.74, 6) is -0.834. The van der Waals surface area contributed by atoms with Crippen molar-refractivity contribution in [2.75, 3.05) is 30.5 Å². The Labute approximate surface area is 239 Å². The fourth-order valence-electron chi connectivity index (χ4n) is 6.16. The second-order valence-electron chi connectivity index (χ2n) is 11.0. The van der Waals surface area contributed by atoms with Crippen molar-refractivity contribution in [1.29, 1.82) is 0 Å². The van der Waals surface area contributed by atoms with Gasteiger partial charge >= 0.3 is 15.2 Å². The first kappa shape index (κ1) is 29.1. The van der Waals surface area contributed by atoms with E-state index in [-0.39, 0.29) is 16.3 Å². The minimum Gasteiger partial charge on any atom is -0.387 e. The maximum Gasteiger partial charge on any atom is 0.340 e. The van der Waals surface area contributed by atoms with Crippen LogP contribution >= 0.6 is 26.8 Å². The first-order valence-electron chi connectivity index (χ1n) is 13.1. The molecule has 5 atom stereocenters. The third-order valence-corrected chi connectivity index (χ3v) is 11.8. The average Bonchev–Trinajstić information content (AvgIpc) is 3.55. The lowest BCUT2D eigenvalue weighted by atomic mass is 9.76. The molecule has 0 saturated carbocycles. The van der Waals surface area contributed by atoms with Crippen molar-refractivity contribution in [2.45, 2.75) is 50.2 Å². The standard InChI is InChI=1S/C24H30ClN5O9P2/c25-23-27-20(29-7-5-24(6-8-29)9-14-3-1-2-4-15(14)10-24)17-21(28-23)30(12-26-17)22-19(32)18(31)16(39-22)11-38-41(36,37)13-40(33,34)35/h1-4,12,16,18-19,22,31-32H,5-11,13H2,(H,36,37)(H2,33,34,35)/t16-,18?,19?,22-/m1/s1. The summed E-state index contributed by atoms with van der Waals surface area (Å²) in [6.07, 6.45) is -0.0933. The van der Waals surface area contributed by atoms with Crippen LogP contribution in [0.2, 0.25) is 5.28 Å². The molecule has 0 amide bonds. The predicted octanol–water partition coefficient (Wildman–Crippen LogP) is 1.82. The zero-order valence-corrected chi connectivity index (χ0v) is 24.3. The number of rotatable bonds is 7. The summed E-state index contributed by atoms with van der Waals surface area (Å²) in [7, 11) is -9.52. The molecule has 2 aliphatic heterocycles. The van der Waals surface area contributed by atoms with Crippen LogP contribution in [-0.4, -0.2) is 88.3 Å². The van der Waals surface area contributed by atoms with Gasteiger partial charge in [-0.1, -0.05) is 24.3 Å². The Morgan fingerprint density at radius 3 is 2.34 bits per heavy atom. The molecule has 5 N–H and O–H groups in total. The number of imidazole rings is 1. The first-order valence-corrected chi connectivity index (χ1v) is 17.0. The summed E-state index contributed by atoms with van der Waals surface area (Å²) in [6, 6.07) is 8.57. The van der Waals surface area contributed by atoms with Crippen LogP contribution in [0.5, 0.6) is 0 Å². The lowest BCUT2D eigenvalue weighted by Gasteiger charge is -2.40. The predicted molar refractivity (Wildman–Crippen MR) is 147 cm³/mol. The van der Waals surface area contributed by atoms with Crippen molar-refractivity contribution in [3.8, 4) is 0 Å². The molecule has 2 aromatic heterocycles. The summed E-state index contributed by atoms with van der Waals surface area (Å²) in [5.41, 5.74) is 3.75. The quantitative estimate of drug-likeness (QED) is 0.187. The SMILES string of the molecule is O=P(O)(O)CP(=O)(O)OC[C@H]1O[C@@H](n2cnc3c(N4CCC5(CC4)Cc4ccccc4C5)nc(Cl)nc32)C(O)C1O. The summed E-state index contributed by atoms with van der Waals surface area (Å²) in [4.78, 5) is 43.1. The van der Waals surface area contributed by atoms with Gasteiger partial charge in [0.2, 0.25) is 5.28 Å². The van der Waals surface area contributed by atoms with Gasteiger partial charge in [0, 0.05) is 13.1 Å². The molecule has 0 radical (unpaired) electrons. The first-order chi connectivity index (χ1) is 19.3.